The summed E-state index contributed by atoms with van der Waals surface area (Å²) < 4.78 is 0. The number of aromatic nitrogens is 1. The third-order valence-electron chi connectivity index (χ3n) is 2.97. The van der Waals surface area contributed by atoms with E-state index in [1.54, 1.807) is 0 Å². The number of nitrogens with zero attached hydrogens (tertiary/aromatic N) is 2. The van der Waals surface area contributed by atoms with Crippen molar-refractivity contribution >= 4 is 5.82 Å². The highest BCUT2D eigenvalue weighted by molar-refractivity contribution is 5.40. The predicted octanol–water partition coefficient (Wildman–Crippen LogP) is 1.73. The molecule has 3 nitrogen and oxygen atoms in total. The van der Waals surface area contributed by atoms with Crippen molar-refractivity contribution in [1.29, 1.82) is 0 Å². The van der Waals surface area contributed by atoms with Gasteiger partial charge >= 0.3 is 0 Å². The van der Waals surface area contributed by atoms with E-state index in [9.17, 15) is 0 Å². The Balaban J connectivity index is 2.09. The van der Waals surface area contributed by atoms with Crippen LogP contribution in [0.15, 0.2) is 12.1 Å². The van der Waals surface area contributed by atoms with Crippen molar-refractivity contribution < 1.29 is 5.11 Å². The summed E-state index contributed by atoms with van der Waals surface area (Å²) in [5.41, 5.74) is 1.84. The van der Waals surface area contributed by atoms with Crippen LogP contribution in [0.5, 0.6) is 0 Å². The second-order valence-electron chi connectivity index (χ2n) is 4.40. The minimum absolute atomic E-state index is 0.0749. The van der Waals surface area contributed by atoms with Crippen LogP contribution in [0.4, 0.5) is 5.82 Å². The molecule has 1 fully saturated rings. The summed E-state index contributed by atoms with van der Waals surface area (Å²) in [7, 11) is 2.08. The van der Waals surface area contributed by atoms with E-state index in [4.69, 9.17) is 5.11 Å². The van der Waals surface area contributed by atoms with Crippen molar-refractivity contribution in [3.05, 3.63) is 23.4 Å². The zero-order valence-electron chi connectivity index (χ0n) is 9.40. The topological polar surface area (TPSA) is 36.4 Å². The first-order valence-corrected chi connectivity index (χ1v) is 5.49. The molecule has 82 valence electrons. The van der Waals surface area contributed by atoms with Gasteiger partial charge in [-0.2, -0.15) is 0 Å². The van der Waals surface area contributed by atoms with Gasteiger partial charge in [-0.25, -0.2) is 4.98 Å². The molecule has 0 amide bonds. The highest BCUT2D eigenvalue weighted by Gasteiger charge is 2.23. The summed E-state index contributed by atoms with van der Waals surface area (Å²) in [6.45, 7) is 3.12. The molecule has 1 aliphatic carbocycles. The lowest BCUT2D eigenvalue weighted by Gasteiger charge is -2.18. The molecule has 1 aliphatic rings. The molecule has 2 rings (SSSR count). The molecule has 1 aromatic rings. The van der Waals surface area contributed by atoms with E-state index in [-0.39, 0.29) is 6.61 Å². The molecule has 0 aliphatic heterocycles. The van der Waals surface area contributed by atoms with Crippen LogP contribution in [0.2, 0.25) is 0 Å². The Bertz CT molecular complexity index is 347. The van der Waals surface area contributed by atoms with Crippen LogP contribution in [-0.4, -0.2) is 23.7 Å². The summed E-state index contributed by atoms with van der Waals surface area (Å²) in [4.78, 5) is 6.69. The van der Waals surface area contributed by atoms with Crippen molar-refractivity contribution in [3.8, 4) is 0 Å². The van der Waals surface area contributed by atoms with Gasteiger partial charge in [0.1, 0.15) is 5.82 Å². The Morgan fingerprint density at radius 1 is 1.47 bits per heavy atom. The Morgan fingerprint density at radius 3 is 2.73 bits per heavy atom. The minimum Gasteiger partial charge on any atom is -0.392 e. The van der Waals surface area contributed by atoms with E-state index in [2.05, 4.69) is 16.9 Å². The first-order chi connectivity index (χ1) is 7.20. The second-order valence-corrected chi connectivity index (χ2v) is 4.40. The van der Waals surface area contributed by atoms with Gasteiger partial charge in [0.2, 0.25) is 0 Å². The molecule has 0 aromatic carbocycles. The molecule has 1 heterocycles. The Hall–Kier alpha value is -1.09. The fraction of sp³-hybridized carbons (Fsp3) is 0.583. The van der Waals surface area contributed by atoms with E-state index in [1.165, 1.54) is 12.8 Å². The molecule has 0 unspecified atom stereocenters. The molecule has 15 heavy (non-hydrogen) atoms. The lowest BCUT2D eigenvalue weighted by atomic mass is 10.2. The molecule has 3 heteroatoms. The summed E-state index contributed by atoms with van der Waals surface area (Å²) in [5.74, 6) is 1.88. The van der Waals surface area contributed by atoms with Crippen LogP contribution < -0.4 is 4.90 Å². The molecule has 1 aromatic heterocycles. The van der Waals surface area contributed by atoms with Crippen molar-refractivity contribution in [2.75, 3.05) is 18.5 Å². The fourth-order valence-corrected chi connectivity index (χ4v) is 1.74. The average Bonchev–Trinajstić information content (AvgIpc) is 3.01. The minimum atomic E-state index is 0.0749. The van der Waals surface area contributed by atoms with E-state index >= 15 is 0 Å². The molecular formula is C12H18N2O. The van der Waals surface area contributed by atoms with E-state index in [0.717, 1.165) is 29.5 Å². The molecule has 0 radical (unpaired) electrons. The first-order valence-electron chi connectivity index (χ1n) is 5.49. The normalized spacial score (nSPS) is 15.4. The highest BCUT2D eigenvalue weighted by atomic mass is 16.3. The number of aliphatic hydroxyl groups is 1. The summed E-state index contributed by atoms with van der Waals surface area (Å²) >= 11 is 0. The molecule has 0 bridgehead atoms. The number of rotatable bonds is 4. The second kappa shape index (κ2) is 4.19. The number of aryl methyl sites for hydroxylation is 1. The van der Waals surface area contributed by atoms with E-state index in [0.29, 0.717) is 0 Å². The largest absolute Gasteiger partial charge is 0.392 e. The summed E-state index contributed by atoms with van der Waals surface area (Å²) in [6.07, 6.45) is 2.72. The third-order valence-corrected chi connectivity index (χ3v) is 2.97. The number of hydrogen-bond donors (Lipinski definition) is 1. The number of hydrogen-bond acceptors (Lipinski definition) is 3. The number of pyridine rings is 1. The Kier molecular flexibility index (Phi) is 2.91. The van der Waals surface area contributed by atoms with Gasteiger partial charge in [0.25, 0.3) is 0 Å². The molecular weight excluding hydrogens is 188 g/mol. The van der Waals surface area contributed by atoms with Gasteiger partial charge < -0.3 is 10.0 Å². The highest BCUT2D eigenvalue weighted by Crippen LogP contribution is 2.30. The molecule has 0 atom stereocenters. The monoisotopic (exact) mass is 206 g/mol. The Labute approximate surface area is 90.8 Å². The average molecular weight is 206 g/mol. The lowest BCUT2D eigenvalue weighted by Crippen LogP contribution is -2.21. The standard InChI is InChI=1S/C12H18N2O/c1-9-11(8-15)5-6-12(13-9)14(2)7-10-3-4-10/h5-6,10,15H,3-4,7-8H2,1-2H3. The zero-order valence-corrected chi connectivity index (χ0v) is 9.40. The van der Waals surface area contributed by atoms with Gasteiger partial charge in [-0.15, -0.1) is 0 Å². The van der Waals surface area contributed by atoms with E-state index in [1.807, 2.05) is 19.1 Å². The van der Waals surface area contributed by atoms with Crippen LogP contribution >= 0.6 is 0 Å². The van der Waals surface area contributed by atoms with Crippen molar-refractivity contribution in [1.82, 2.24) is 4.98 Å². The number of anilines is 1. The first kappa shape index (κ1) is 10.4. The smallest absolute Gasteiger partial charge is 0.128 e. The molecule has 1 N–H and O–H groups in total. The van der Waals surface area contributed by atoms with Gasteiger partial charge in [0, 0.05) is 19.3 Å². The van der Waals surface area contributed by atoms with Crippen LogP contribution in [0.25, 0.3) is 0 Å². The maximum absolute atomic E-state index is 9.05. The SMILES string of the molecule is Cc1nc(N(C)CC2CC2)ccc1CO. The molecule has 1 saturated carbocycles. The van der Waals surface area contributed by atoms with Gasteiger partial charge in [-0.1, -0.05) is 6.07 Å². The van der Waals surface area contributed by atoms with Crippen LogP contribution in [0, 0.1) is 12.8 Å². The maximum Gasteiger partial charge on any atom is 0.128 e. The van der Waals surface area contributed by atoms with Crippen LogP contribution in [-0.2, 0) is 6.61 Å². The van der Waals surface area contributed by atoms with Crippen molar-refractivity contribution in [2.45, 2.75) is 26.4 Å². The van der Waals surface area contributed by atoms with Gasteiger partial charge in [-0.05, 0) is 37.3 Å². The third kappa shape index (κ3) is 2.48. The molecule has 0 spiro atoms. The van der Waals surface area contributed by atoms with Crippen LogP contribution in [0.3, 0.4) is 0 Å². The summed E-state index contributed by atoms with van der Waals surface area (Å²) in [6, 6.07) is 3.95. The zero-order chi connectivity index (χ0) is 10.8. The Morgan fingerprint density at radius 2 is 2.20 bits per heavy atom. The van der Waals surface area contributed by atoms with Crippen LogP contribution in [0.1, 0.15) is 24.1 Å². The quantitative estimate of drug-likeness (QED) is 0.815. The van der Waals surface area contributed by atoms with Crippen molar-refractivity contribution in [2.24, 2.45) is 5.92 Å². The van der Waals surface area contributed by atoms with E-state index < -0.39 is 0 Å². The fourth-order valence-electron chi connectivity index (χ4n) is 1.74. The summed E-state index contributed by atoms with van der Waals surface area (Å²) in [5, 5.41) is 9.05. The maximum atomic E-state index is 9.05. The number of aliphatic hydroxyl groups excluding tert-OH is 1. The van der Waals surface area contributed by atoms with Gasteiger partial charge in [-0.3, -0.25) is 0 Å². The van der Waals surface area contributed by atoms with Gasteiger partial charge in [0.05, 0.1) is 6.61 Å². The lowest BCUT2D eigenvalue weighted by molar-refractivity contribution is 0.280. The molecule has 0 saturated heterocycles. The van der Waals surface area contributed by atoms with Gasteiger partial charge in [0.15, 0.2) is 0 Å². The van der Waals surface area contributed by atoms with Crippen molar-refractivity contribution in [3.63, 3.8) is 0 Å². The predicted molar refractivity (Wildman–Crippen MR) is 60.9 cm³/mol.